The summed E-state index contributed by atoms with van der Waals surface area (Å²) in [5.41, 5.74) is 4.00. The van der Waals surface area contributed by atoms with Crippen molar-refractivity contribution >= 4 is 0 Å². The monoisotopic (exact) mass is 166 g/mol. The van der Waals surface area contributed by atoms with E-state index in [9.17, 15) is 0 Å². The lowest BCUT2D eigenvalue weighted by Gasteiger charge is -2.12. The highest BCUT2D eigenvalue weighted by atomic mass is 16.3. The van der Waals surface area contributed by atoms with E-state index in [-0.39, 0.29) is 6.04 Å². The van der Waals surface area contributed by atoms with Crippen molar-refractivity contribution in [1.82, 2.24) is 5.43 Å². The van der Waals surface area contributed by atoms with Crippen LogP contribution < -0.4 is 11.3 Å². The highest BCUT2D eigenvalue weighted by Gasteiger charge is 2.34. The number of nitrogens with one attached hydrogen (secondary N) is 1. The Labute approximate surface area is 71.9 Å². The standard InChI is InChI=1S/C9H14N2O/c1-6-4-5-12-9(6)8(11-10)7-2-3-7/h4-5,7-8,11H,2-3,10H2,1H3. The lowest BCUT2D eigenvalue weighted by atomic mass is 10.1. The van der Waals surface area contributed by atoms with Crippen LogP contribution in [0.5, 0.6) is 0 Å². The summed E-state index contributed by atoms with van der Waals surface area (Å²) >= 11 is 0. The largest absolute Gasteiger partial charge is 0.467 e. The SMILES string of the molecule is Cc1ccoc1C(NN)C1CC1. The van der Waals surface area contributed by atoms with E-state index in [1.54, 1.807) is 6.26 Å². The van der Waals surface area contributed by atoms with Crippen molar-refractivity contribution in [2.75, 3.05) is 0 Å². The molecule has 66 valence electrons. The van der Waals surface area contributed by atoms with Gasteiger partial charge in [0.1, 0.15) is 5.76 Å². The van der Waals surface area contributed by atoms with Gasteiger partial charge in [-0.05, 0) is 37.3 Å². The minimum absolute atomic E-state index is 0.222. The summed E-state index contributed by atoms with van der Waals surface area (Å²) in [6, 6.07) is 2.20. The van der Waals surface area contributed by atoms with Gasteiger partial charge in [0.15, 0.2) is 0 Å². The Morgan fingerprint density at radius 1 is 1.67 bits per heavy atom. The molecule has 1 aromatic heterocycles. The van der Waals surface area contributed by atoms with E-state index in [0.29, 0.717) is 5.92 Å². The van der Waals surface area contributed by atoms with Gasteiger partial charge in [0, 0.05) is 0 Å². The lowest BCUT2D eigenvalue weighted by Crippen LogP contribution is -2.29. The second kappa shape index (κ2) is 2.92. The molecule has 1 saturated carbocycles. The first-order chi connectivity index (χ1) is 5.83. The van der Waals surface area contributed by atoms with Crippen LogP contribution in [0.25, 0.3) is 0 Å². The third-order valence-electron chi connectivity index (χ3n) is 2.46. The lowest BCUT2D eigenvalue weighted by molar-refractivity contribution is 0.385. The average Bonchev–Trinajstić information content (AvgIpc) is 2.80. The predicted molar refractivity (Wildman–Crippen MR) is 46.2 cm³/mol. The molecule has 0 spiro atoms. The van der Waals surface area contributed by atoms with E-state index in [0.717, 1.165) is 5.76 Å². The van der Waals surface area contributed by atoms with Crippen LogP contribution in [0.3, 0.4) is 0 Å². The number of aryl methyl sites for hydroxylation is 1. The molecule has 1 heterocycles. The van der Waals surface area contributed by atoms with Crippen LogP contribution in [0.15, 0.2) is 16.7 Å². The van der Waals surface area contributed by atoms with Gasteiger partial charge in [0.2, 0.25) is 0 Å². The minimum atomic E-state index is 0.222. The van der Waals surface area contributed by atoms with E-state index >= 15 is 0 Å². The smallest absolute Gasteiger partial charge is 0.125 e. The predicted octanol–water partition coefficient (Wildman–Crippen LogP) is 1.50. The number of hydrazine groups is 1. The molecule has 1 atom stereocenters. The summed E-state index contributed by atoms with van der Waals surface area (Å²) in [5, 5.41) is 0. The second-order valence-electron chi connectivity index (χ2n) is 3.45. The molecule has 1 aromatic rings. The summed E-state index contributed by atoms with van der Waals surface area (Å²) in [7, 11) is 0. The Morgan fingerprint density at radius 2 is 2.42 bits per heavy atom. The molecule has 0 bridgehead atoms. The second-order valence-corrected chi connectivity index (χ2v) is 3.45. The molecule has 1 unspecified atom stereocenters. The average molecular weight is 166 g/mol. The molecule has 3 heteroatoms. The molecule has 0 radical (unpaired) electrons. The van der Waals surface area contributed by atoms with Crippen LogP contribution in [-0.2, 0) is 0 Å². The van der Waals surface area contributed by atoms with Crippen molar-refractivity contribution in [3.05, 3.63) is 23.7 Å². The van der Waals surface area contributed by atoms with Crippen molar-refractivity contribution in [3.63, 3.8) is 0 Å². The zero-order valence-corrected chi connectivity index (χ0v) is 7.21. The van der Waals surface area contributed by atoms with Crippen molar-refractivity contribution < 1.29 is 4.42 Å². The minimum Gasteiger partial charge on any atom is -0.467 e. The Bertz CT molecular complexity index is 265. The van der Waals surface area contributed by atoms with E-state index in [1.807, 2.05) is 13.0 Å². The van der Waals surface area contributed by atoms with Gasteiger partial charge in [-0.3, -0.25) is 5.84 Å². The summed E-state index contributed by atoms with van der Waals surface area (Å²) in [6.07, 6.45) is 4.24. The molecule has 0 aromatic carbocycles. The van der Waals surface area contributed by atoms with Gasteiger partial charge in [-0.25, -0.2) is 5.43 Å². The van der Waals surface area contributed by atoms with E-state index < -0.39 is 0 Å². The van der Waals surface area contributed by atoms with Gasteiger partial charge in [-0.15, -0.1) is 0 Å². The summed E-state index contributed by atoms with van der Waals surface area (Å²) < 4.78 is 5.38. The molecule has 12 heavy (non-hydrogen) atoms. The third kappa shape index (κ3) is 1.26. The summed E-state index contributed by atoms with van der Waals surface area (Å²) in [6.45, 7) is 2.05. The first kappa shape index (κ1) is 7.83. The molecule has 0 aliphatic heterocycles. The number of nitrogens with two attached hydrogens (primary N) is 1. The van der Waals surface area contributed by atoms with E-state index in [1.165, 1.54) is 18.4 Å². The zero-order valence-electron chi connectivity index (χ0n) is 7.21. The topological polar surface area (TPSA) is 51.2 Å². The van der Waals surface area contributed by atoms with Gasteiger partial charge in [0.05, 0.1) is 12.3 Å². The maximum Gasteiger partial charge on any atom is 0.125 e. The Morgan fingerprint density at radius 3 is 2.83 bits per heavy atom. The first-order valence-electron chi connectivity index (χ1n) is 4.33. The number of hydrogen-bond acceptors (Lipinski definition) is 3. The molecule has 1 aliphatic rings. The zero-order chi connectivity index (χ0) is 8.55. The molecule has 0 saturated heterocycles. The van der Waals surface area contributed by atoms with Crippen LogP contribution in [0.4, 0.5) is 0 Å². The van der Waals surface area contributed by atoms with Gasteiger partial charge in [-0.1, -0.05) is 0 Å². The van der Waals surface area contributed by atoms with Crippen molar-refractivity contribution in [3.8, 4) is 0 Å². The number of furan rings is 1. The maximum atomic E-state index is 5.46. The molecular weight excluding hydrogens is 152 g/mol. The van der Waals surface area contributed by atoms with Crippen LogP contribution in [0.1, 0.15) is 30.2 Å². The quantitative estimate of drug-likeness (QED) is 0.528. The Hall–Kier alpha value is -0.800. The molecule has 0 amide bonds. The normalized spacial score (nSPS) is 19.5. The first-order valence-corrected chi connectivity index (χ1v) is 4.33. The van der Waals surface area contributed by atoms with E-state index in [2.05, 4.69) is 5.43 Å². The fourth-order valence-corrected chi connectivity index (χ4v) is 1.56. The third-order valence-corrected chi connectivity index (χ3v) is 2.46. The molecule has 3 N–H and O–H groups in total. The van der Waals surface area contributed by atoms with Crippen LogP contribution in [0, 0.1) is 12.8 Å². The summed E-state index contributed by atoms with van der Waals surface area (Å²) in [4.78, 5) is 0. The van der Waals surface area contributed by atoms with Crippen molar-refractivity contribution in [2.24, 2.45) is 11.8 Å². The van der Waals surface area contributed by atoms with Gasteiger partial charge >= 0.3 is 0 Å². The van der Waals surface area contributed by atoms with Crippen LogP contribution in [-0.4, -0.2) is 0 Å². The Kier molecular flexibility index (Phi) is 1.90. The van der Waals surface area contributed by atoms with Gasteiger partial charge in [0.25, 0.3) is 0 Å². The van der Waals surface area contributed by atoms with E-state index in [4.69, 9.17) is 10.3 Å². The molecule has 1 aliphatic carbocycles. The fourth-order valence-electron chi connectivity index (χ4n) is 1.56. The van der Waals surface area contributed by atoms with Crippen LogP contribution >= 0.6 is 0 Å². The number of hydrogen-bond donors (Lipinski definition) is 2. The highest BCUT2D eigenvalue weighted by Crippen LogP contribution is 2.41. The highest BCUT2D eigenvalue weighted by molar-refractivity contribution is 5.19. The Balaban J connectivity index is 2.20. The van der Waals surface area contributed by atoms with Gasteiger partial charge < -0.3 is 4.42 Å². The summed E-state index contributed by atoms with van der Waals surface area (Å²) in [5.74, 6) is 7.14. The number of rotatable bonds is 3. The van der Waals surface area contributed by atoms with Crippen LogP contribution in [0.2, 0.25) is 0 Å². The molecule has 2 rings (SSSR count). The maximum absolute atomic E-state index is 5.46. The van der Waals surface area contributed by atoms with Crippen molar-refractivity contribution in [1.29, 1.82) is 0 Å². The molecule has 3 nitrogen and oxygen atoms in total. The molecular formula is C9H14N2O. The van der Waals surface area contributed by atoms with Crippen molar-refractivity contribution in [2.45, 2.75) is 25.8 Å². The fraction of sp³-hybridized carbons (Fsp3) is 0.556. The molecule has 1 fully saturated rings. The van der Waals surface area contributed by atoms with Gasteiger partial charge in [-0.2, -0.15) is 0 Å².